The van der Waals surface area contributed by atoms with Crippen LogP contribution >= 0.6 is 0 Å². The standard InChI is InChI=1S/C70H44N2/c1-3-19-47-41-49(35-33-45(47)17-1)53-21-5-7-27-59(53)69-61-39-37-52(72-67-31-15-11-25-57(67)58-26-12-16-32-68(58)72)44-64(61)70(60-28-8-6-22-54(60)50-36-34-46-18-2-4-20-48(46)42-50)62-40-38-51(43-63(62)69)71-65-29-13-9-23-55(65)56-24-10-14-30-66(56)71/h1-44H. The third kappa shape index (κ3) is 6.16. The largest absolute Gasteiger partial charge is 0.309 e. The van der Waals surface area contributed by atoms with Crippen molar-refractivity contribution < 1.29 is 0 Å². The van der Waals surface area contributed by atoms with Crippen LogP contribution < -0.4 is 0 Å². The molecule has 0 fully saturated rings. The average molecular weight is 913 g/mol. The van der Waals surface area contributed by atoms with Gasteiger partial charge in [-0.15, -0.1) is 0 Å². The lowest BCUT2D eigenvalue weighted by atomic mass is 9.82. The van der Waals surface area contributed by atoms with Crippen LogP contribution in [-0.2, 0) is 0 Å². The number of hydrogen-bond acceptors (Lipinski definition) is 0. The second-order valence-electron chi connectivity index (χ2n) is 19.2. The lowest BCUT2D eigenvalue weighted by molar-refractivity contribution is 1.18. The summed E-state index contributed by atoms with van der Waals surface area (Å²) in [7, 11) is 0. The van der Waals surface area contributed by atoms with Gasteiger partial charge < -0.3 is 9.13 Å². The van der Waals surface area contributed by atoms with Crippen LogP contribution in [-0.4, -0.2) is 9.13 Å². The van der Waals surface area contributed by atoms with E-state index in [0.29, 0.717) is 0 Å². The van der Waals surface area contributed by atoms with E-state index >= 15 is 0 Å². The van der Waals surface area contributed by atoms with Crippen molar-refractivity contribution in [3.8, 4) is 55.9 Å². The summed E-state index contributed by atoms with van der Waals surface area (Å²) in [6, 6.07) is 99.1. The zero-order valence-corrected chi connectivity index (χ0v) is 39.3. The number of rotatable bonds is 6. The van der Waals surface area contributed by atoms with Crippen LogP contribution in [0.2, 0.25) is 0 Å². The lowest BCUT2D eigenvalue weighted by Crippen LogP contribution is -1.99. The quantitative estimate of drug-likeness (QED) is 0.147. The highest BCUT2D eigenvalue weighted by Gasteiger charge is 2.24. The number of benzene rings is 13. The highest BCUT2D eigenvalue weighted by Crippen LogP contribution is 2.50. The van der Waals surface area contributed by atoms with Crippen molar-refractivity contribution in [1.29, 1.82) is 0 Å². The van der Waals surface area contributed by atoms with Gasteiger partial charge in [-0.2, -0.15) is 0 Å². The van der Waals surface area contributed by atoms with Crippen LogP contribution in [0.15, 0.2) is 267 Å². The molecule has 0 aliphatic carbocycles. The van der Waals surface area contributed by atoms with Gasteiger partial charge in [0.15, 0.2) is 0 Å². The van der Waals surface area contributed by atoms with E-state index in [1.165, 1.54) is 131 Å². The Bertz CT molecular complexity index is 4290. The first-order valence-electron chi connectivity index (χ1n) is 24.9. The van der Waals surface area contributed by atoms with Crippen LogP contribution in [0, 0.1) is 0 Å². The van der Waals surface area contributed by atoms with Crippen LogP contribution in [0.5, 0.6) is 0 Å². The molecule has 0 aliphatic heterocycles. The first-order chi connectivity index (χ1) is 35.7. The van der Waals surface area contributed by atoms with Gasteiger partial charge in [0, 0.05) is 32.9 Å². The Balaban J connectivity index is 1.11. The molecule has 0 aliphatic rings. The SMILES string of the molecule is c1ccc(-c2c3ccc(-n4c5ccccc5c5ccccc54)cc3c(-c3ccccc3-c3ccc4ccccc4c3)c3ccc(-n4c5ccccc5c5ccccc54)cc23)c(-c2ccc3ccccc3c2)c1. The Labute approximate surface area is 416 Å². The minimum atomic E-state index is 1.12. The van der Waals surface area contributed by atoms with Crippen molar-refractivity contribution in [3.05, 3.63) is 267 Å². The molecule has 0 amide bonds. The van der Waals surface area contributed by atoms with Crippen molar-refractivity contribution in [1.82, 2.24) is 9.13 Å². The molecule has 15 rings (SSSR count). The fourth-order valence-electron chi connectivity index (χ4n) is 12.1. The number of fused-ring (bicyclic) bond motifs is 10. The molecule has 0 bridgehead atoms. The maximum absolute atomic E-state index is 2.48. The first kappa shape index (κ1) is 40.4. The molecule has 0 saturated carbocycles. The molecule has 13 aromatic carbocycles. The van der Waals surface area contributed by atoms with E-state index in [2.05, 4.69) is 276 Å². The molecule has 0 spiro atoms. The lowest BCUT2D eigenvalue weighted by Gasteiger charge is -2.23. The van der Waals surface area contributed by atoms with Gasteiger partial charge in [-0.05, 0) is 148 Å². The molecular weight excluding hydrogens is 869 g/mol. The summed E-state index contributed by atoms with van der Waals surface area (Å²) in [5.41, 5.74) is 16.6. The Kier molecular flexibility index (Phi) is 8.99. The van der Waals surface area contributed by atoms with E-state index in [1.807, 2.05) is 0 Å². The Morgan fingerprint density at radius 1 is 0.194 bits per heavy atom. The summed E-state index contributed by atoms with van der Waals surface area (Å²) in [6.45, 7) is 0. The van der Waals surface area contributed by atoms with Gasteiger partial charge in [-0.1, -0.05) is 206 Å². The van der Waals surface area contributed by atoms with Crippen LogP contribution in [0.3, 0.4) is 0 Å². The summed E-state index contributed by atoms with van der Waals surface area (Å²) < 4.78 is 4.92. The third-order valence-corrected chi connectivity index (χ3v) is 15.3. The van der Waals surface area contributed by atoms with Gasteiger partial charge in [0.1, 0.15) is 0 Å². The van der Waals surface area contributed by atoms with Crippen LogP contribution in [0.1, 0.15) is 0 Å². The molecule has 334 valence electrons. The monoisotopic (exact) mass is 912 g/mol. The van der Waals surface area contributed by atoms with E-state index in [-0.39, 0.29) is 0 Å². The summed E-state index contributed by atoms with van der Waals surface area (Å²) in [4.78, 5) is 0. The van der Waals surface area contributed by atoms with Gasteiger partial charge in [-0.3, -0.25) is 0 Å². The molecule has 0 atom stereocenters. The van der Waals surface area contributed by atoms with Crippen molar-refractivity contribution in [2.24, 2.45) is 0 Å². The first-order valence-corrected chi connectivity index (χ1v) is 24.9. The van der Waals surface area contributed by atoms with Gasteiger partial charge >= 0.3 is 0 Å². The second-order valence-corrected chi connectivity index (χ2v) is 19.2. The van der Waals surface area contributed by atoms with Crippen LogP contribution in [0.4, 0.5) is 0 Å². The smallest absolute Gasteiger partial charge is 0.0541 e. The third-order valence-electron chi connectivity index (χ3n) is 15.3. The van der Waals surface area contributed by atoms with E-state index in [9.17, 15) is 0 Å². The Morgan fingerprint density at radius 2 is 0.514 bits per heavy atom. The topological polar surface area (TPSA) is 9.86 Å². The molecular formula is C70H44N2. The van der Waals surface area contributed by atoms with E-state index in [0.717, 1.165) is 11.4 Å². The normalized spacial score (nSPS) is 11.9. The Hall–Kier alpha value is -9.50. The van der Waals surface area contributed by atoms with E-state index in [1.54, 1.807) is 0 Å². The van der Waals surface area contributed by atoms with Gasteiger partial charge in [-0.25, -0.2) is 0 Å². The minimum Gasteiger partial charge on any atom is -0.309 e. The molecule has 72 heavy (non-hydrogen) atoms. The molecule has 2 nitrogen and oxygen atoms in total. The maximum atomic E-state index is 2.48. The summed E-state index contributed by atoms with van der Waals surface area (Å²) >= 11 is 0. The molecule has 15 aromatic rings. The molecule has 0 unspecified atom stereocenters. The molecule has 0 N–H and O–H groups in total. The number of aromatic nitrogens is 2. The highest BCUT2D eigenvalue weighted by atomic mass is 15.0. The molecule has 0 saturated heterocycles. The Morgan fingerprint density at radius 3 is 0.903 bits per heavy atom. The second kappa shape index (κ2) is 16.0. The van der Waals surface area contributed by atoms with Crippen LogP contribution in [0.25, 0.3) is 143 Å². The molecule has 0 radical (unpaired) electrons. The van der Waals surface area contributed by atoms with E-state index in [4.69, 9.17) is 0 Å². The summed E-state index contributed by atoms with van der Waals surface area (Å²) in [6.07, 6.45) is 0. The van der Waals surface area contributed by atoms with Gasteiger partial charge in [0.25, 0.3) is 0 Å². The fourth-order valence-corrected chi connectivity index (χ4v) is 12.1. The van der Waals surface area contributed by atoms with Gasteiger partial charge in [0.05, 0.1) is 22.1 Å². The molecule has 2 aromatic heterocycles. The predicted octanol–water partition coefficient (Wildman–Crippen LogP) is 19.2. The van der Waals surface area contributed by atoms with Gasteiger partial charge in [0.2, 0.25) is 0 Å². The summed E-state index contributed by atoms with van der Waals surface area (Å²) in [5.74, 6) is 0. The van der Waals surface area contributed by atoms with Crippen molar-refractivity contribution in [3.63, 3.8) is 0 Å². The van der Waals surface area contributed by atoms with Crippen molar-refractivity contribution >= 4 is 86.7 Å². The van der Waals surface area contributed by atoms with Crippen molar-refractivity contribution in [2.45, 2.75) is 0 Å². The predicted molar refractivity (Wildman–Crippen MR) is 307 cm³/mol. The number of para-hydroxylation sites is 4. The maximum Gasteiger partial charge on any atom is 0.0541 e. The zero-order valence-electron chi connectivity index (χ0n) is 39.3. The van der Waals surface area contributed by atoms with E-state index < -0.39 is 0 Å². The molecule has 2 heterocycles. The molecule has 2 heteroatoms. The highest BCUT2D eigenvalue weighted by molar-refractivity contribution is 6.24. The summed E-state index contributed by atoms with van der Waals surface area (Å²) in [5, 5.41) is 14.7. The van der Waals surface area contributed by atoms with Crippen molar-refractivity contribution in [2.75, 3.05) is 0 Å². The fraction of sp³-hybridized carbons (Fsp3) is 0. The number of nitrogens with zero attached hydrogens (tertiary/aromatic N) is 2. The number of hydrogen-bond donors (Lipinski definition) is 0. The zero-order chi connectivity index (χ0) is 47.3. The average Bonchev–Trinajstić information content (AvgIpc) is 3.97. The minimum absolute atomic E-state index is 1.12.